The molecule has 1 amide bonds. The second-order valence-corrected chi connectivity index (χ2v) is 5.52. The fourth-order valence-electron chi connectivity index (χ4n) is 2.18. The van der Waals surface area contributed by atoms with Gasteiger partial charge in [-0.2, -0.15) is 0 Å². The van der Waals surface area contributed by atoms with Crippen LogP contribution in [-0.4, -0.2) is 53.9 Å². The minimum atomic E-state index is -0.514. The largest absolute Gasteiger partial charge is 0.336 e. The Kier molecular flexibility index (Phi) is 4.64. The number of carbonyl (C=O) groups is 1. The lowest BCUT2D eigenvalue weighted by Crippen LogP contribution is -2.47. The molecule has 1 aromatic carbocycles. The Morgan fingerprint density at radius 1 is 1.33 bits per heavy atom. The van der Waals surface area contributed by atoms with Crippen molar-refractivity contribution in [2.45, 2.75) is 4.90 Å². The predicted octanol–water partition coefficient (Wildman–Crippen LogP) is 1.67. The first-order chi connectivity index (χ1) is 9.90. The molecule has 1 saturated heterocycles. The highest BCUT2D eigenvalue weighted by Crippen LogP contribution is 2.27. The highest BCUT2D eigenvalue weighted by molar-refractivity contribution is 7.80. The molecule has 0 atom stereocenters. The van der Waals surface area contributed by atoms with Crippen LogP contribution in [0, 0.1) is 10.1 Å². The molecule has 0 aliphatic carbocycles. The Morgan fingerprint density at radius 2 is 1.95 bits per heavy atom. The van der Waals surface area contributed by atoms with Crippen LogP contribution < -0.4 is 0 Å². The Balaban J connectivity index is 2.18. The van der Waals surface area contributed by atoms with E-state index in [2.05, 4.69) is 24.1 Å². The quantitative estimate of drug-likeness (QED) is 0.399. The number of thiol groups is 1. The minimum absolute atomic E-state index is 0.122. The SMILES string of the molecule is C=C(C(=O)N1CCN(C)CC1)c1ccc(S)c([N+](=O)[O-])c1. The molecule has 112 valence electrons. The van der Waals surface area contributed by atoms with Crippen molar-refractivity contribution in [3.63, 3.8) is 0 Å². The zero-order valence-corrected chi connectivity index (χ0v) is 12.7. The van der Waals surface area contributed by atoms with Gasteiger partial charge in [-0.3, -0.25) is 14.9 Å². The molecule has 0 bridgehead atoms. The Labute approximate surface area is 128 Å². The first kappa shape index (κ1) is 15.5. The van der Waals surface area contributed by atoms with Crippen LogP contribution in [0.15, 0.2) is 29.7 Å². The summed E-state index contributed by atoms with van der Waals surface area (Å²) >= 11 is 4.04. The number of likely N-dealkylation sites (N-methyl/N-ethyl adjacent to an activating group) is 1. The Morgan fingerprint density at radius 3 is 2.52 bits per heavy atom. The number of nitrogens with zero attached hydrogens (tertiary/aromatic N) is 3. The number of nitro groups is 1. The fourth-order valence-corrected chi connectivity index (χ4v) is 2.40. The minimum Gasteiger partial charge on any atom is -0.336 e. The third kappa shape index (κ3) is 3.43. The second-order valence-electron chi connectivity index (χ2n) is 5.03. The van der Waals surface area contributed by atoms with Crippen molar-refractivity contribution in [2.24, 2.45) is 0 Å². The lowest BCUT2D eigenvalue weighted by molar-refractivity contribution is -0.387. The lowest BCUT2D eigenvalue weighted by atomic mass is 10.1. The molecule has 0 saturated carbocycles. The van der Waals surface area contributed by atoms with Crippen molar-refractivity contribution < 1.29 is 9.72 Å². The van der Waals surface area contributed by atoms with Crippen LogP contribution in [-0.2, 0) is 4.79 Å². The summed E-state index contributed by atoms with van der Waals surface area (Å²) in [6.45, 7) is 6.71. The number of carbonyl (C=O) groups excluding carboxylic acids is 1. The summed E-state index contributed by atoms with van der Waals surface area (Å²) in [5.74, 6) is -0.177. The molecule has 1 heterocycles. The van der Waals surface area contributed by atoms with E-state index >= 15 is 0 Å². The maximum Gasteiger partial charge on any atom is 0.283 e. The molecule has 6 nitrogen and oxygen atoms in total. The van der Waals surface area contributed by atoms with E-state index in [1.54, 1.807) is 11.0 Å². The van der Waals surface area contributed by atoms with E-state index in [0.717, 1.165) is 13.1 Å². The van der Waals surface area contributed by atoms with Crippen molar-refractivity contribution >= 4 is 29.8 Å². The van der Waals surface area contributed by atoms with Gasteiger partial charge in [0.2, 0.25) is 0 Å². The molecule has 0 unspecified atom stereocenters. The summed E-state index contributed by atoms with van der Waals surface area (Å²) in [5, 5.41) is 10.9. The number of hydrogen-bond donors (Lipinski definition) is 1. The van der Waals surface area contributed by atoms with Gasteiger partial charge in [0.05, 0.1) is 9.82 Å². The molecule has 1 fully saturated rings. The first-order valence-corrected chi connectivity index (χ1v) is 6.99. The van der Waals surface area contributed by atoms with Gasteiger partial charge < -0.3 is 9.80 Å². The highest BCUT2D eigenvalue weighted by Gasteiger charge is 2.23. The fraction of sp³-hybridized carbons (Fsp3) is 0.357. The van der Waals surface area contributed by atoms with Crippen molar-refractivity contribution in [3.8, 4) is 0 Å². The number of nitro benzene ring substituents is 1. The maximum absolute atomic E-state index is 12.4. The average Bonchev–Trinajstić information content (AvgIpc) is 2.46. The van der Waals surface area contributed by atoms with E-state index in [4.69, 9.17) is 0 Å². The molecule has 2 rings (SSSR count). The van der Waals surface area contributed by atoms with Gasteiger partial charge in [0.15, 0.2) is 0 Å². The molecule has 1 aliphatic rings. The molecule has 0 radical (unpaired) electrons. The summed E-state index contributed by atoms with van der Waals surface area (Å²) in [7, 11) is 2.01. The summed E-state index contributed by atoms with van der Waals surface area (Å²) in [6.07, 6.45) is 0. The van der Waals surface area contributed by atoms with E-state index < -0.39 is 4.92 Å². The van der Waals surface area contributed by atoms with Crippen LogP contribution in [0.3, 0.4) is 0 Å². The smallest absolute Gasteiger partial charge is 0.283 e. The lowest BCUT2D eigenvalue weighted by Gasteiger charge is -2.32. The third-order valence-corrected chi connectivity index (χ3v) is 3.95. The predicted molar refractivity (Wildman–Crippen MR) is 83.5 cm³/mol. The summed E-state index contributed by atoms with van der Waals surface area (Å²) in [6, 6.07) is 4.49. The second kappa shape index (κ2) is 6.28. The molecular formula is C14H17N3O3S. The topological polar surface area (TPSA) is 66.7 Å². The number of hydrogen-bond acceptors (Lipinski definition) is 5. The van der Waals surface area contributed by atoms with Crippen molar-refractivity contribution in [1.29, 1.82) is 0 Å². The van der Waals surface area contributed by atoms with Crippen LogP contribution in [0.2, 0.25) is 0 Å². The molecule has 1 aromatic rings. The van der Waals surface area contributed by atoms with Crippen LogP contribution in [0.4, 0.5) is 5.69 Å². The highest BCUT2D eigenvalue weighted by atomic mass is 32.1. The van der Waals surface area contributed by atoms with Gasteiger partial charge in [0.25, 0.3) is 11.6 Å². The maximum atomic E-state index is 12.4. The van der Waals surface area contributed by atoms with Crippen LogP contribution >= 0.6 is 12.6 Å². The van der Waals surface area contributed by atoms with Crippen molar-refractivity contribution in [2.75, 3.05) is 33.2 Å². The van der Waals surface area contributed by atoms with E-state index in [9.17, 15) is 14.9 Å². The average molecular weight is 307 g/mol. The van der Waals surface area contributed by atoms with Crippen LogP contribution in [0.5, 0.6) is 0 Å². The summed E-state index contributed by atoms with van der Waals surface area (Å²) in [5.41, 5.74) is 0.613. The molecule has 21 heavy (non-hydrogen) atoms. The zero-order chi connectivity index (χ0) is 15.6. The molecule has 0 spiro atoms. The summed E-state index contributed by atoms with van der Waals surface area (Å²) in [4.78, 5) is 26.9. The summed E-state index contributed by atoms with van der Waals surface area (Å²) < 4.78 is 0. The number of amides is 1. The van der Waals surface area contributed by atoms with Gasteiger partial charge in [-0.25, -0.2) is 0 Å². The van der Waals surface area contributed by atoms with Gasteiger partial charge in [0, 0.05) is 37.8 Å². The Bertz CT molecular complexity index is 595. The van der Waals surface area contributed by atoms with E-state index in [1.165, 1.54) is 12.1 Å². The van der Waals surface area contributed by atoms with E-state index in [1.807, 2.05) is 7.05 Å². The van der Waals surface area contributed by atoms with Gasteiger partial charge in [-0.15, -0.1) is 12.6 Å². The van der Waals surface area contributed by atoms with Gasteiger partial charge in [0.1, 0.15) is 0 Å². The van der Waals surface area contributed by atoms with Gasteiger partial charge in [-0.1, -0.05) is 12.6 Å². The molecular weight excluding hydrogens is 290 g/mol. The number of piperazine rings is 1. The zero-order valence-electron chi connectivity index (χ0n) is 11.8. The number of benzene rings is 1. The first-order valence-electron chi connectivity index (χ1n) is 6.54. The van der Waals surface area contributed by atoms with Crippen LogP contribution in [0.25, 0.3) is 5.57 Å². The van der Waals surface area contributed by atoms with Crippen LogP contribution in [0.1, 0.15) is 5.56 Å². The van der Waals surface area contributed by atoms with Crippen molar-refractivity contribution in [3.05, 3.63) is 40.5 Å². The van der Waals surface area contributed by atoms with Gasteiger partial charge in [-0.05, 0) is 18.7 Å². The molecule has 0 aromatic heterocycles. The molecule has 1 aliphatic heterocycles. The normalized spacial score (nSPS) is 15.8. The Hall–Kier alpha value is -1.86. The third-order valence-electron chi connectivity index (χ3n) is 3.57. The molecule has 0 N–H and O–H groups in total. The monoisotopic (exact) mass is 307 g/mol. The standard InChI is InChI=1S/C14H17N3O3S/c1-10(14(18)16-7-5-15(2)6-8-16)11-3-4-13(21)12(9-11)17(19)20/h3-4,9,21H,1,5-8H2,2H3. The van der Waals surface area contributed by atoms with Crippen molar-refractivity contribution in [1.82, 2.24) is 9.80 Å². The number of rotatable bonds is 3. The van der Waals surface area contributed by atoms with Gasteiger partial charge >= 0.3 is 0 Å². The molecule has 7 heteroatoms. The van der Waals surface area contributed by atoms with E-state index in [-0.39, 0.29) is 22.1 Å². The van der Waals surface area contributed by atoms with E-state index in [0.29, 0.717) is 18.7 Å².